The van der Waals surface area contributed by atoms with Crippen molar-refractivity contribution in [3.05, 3.63) is 94.5 Å². The van der Waals surface area contributed by atoms with E-state index in [9.17, 15) is 9.59 Å². The van der Waals surface area contributed by atoms with Crippen molar-refractivity contribution in [1.82, 2.24) is 0 Å². The predicted molar refractivity (Wildman–Crippen MR) is 105 cm³/mol. The van der Waals surface area contributed by atoms with Gasteiger partial charge >= 0.3 is 11.9 Å². The molecule has 29 heavy (non-hydrogen) atoms. The smallest absolute Gasteiger partial charge is 0.340 e. The zero-order chi connectivity index (χ0) is 20.0. The van der Waals surface area contributed by atoms with Crippen molar-refractivity contribution in [2.75, 3.05) is 6.61 Å². The van der Waals surface area contributed by atoms with E-state index in [0.717, 1.165) is 17.5 Å². The molecule has 3 aromatic rings. The molecule has 0 fully saturated rings. The number of hydrogen-bond donors (Lipinski definition) is 0. The molecule has 0 saturated heterocycles. The minimum absolute atomic E-state index is 0.333. The van der Waals surface area contributed by atoms with Crippen LogP contribution in [0.4, 0.5) is 0 Å². The van der Waals surface area contributed by atoms with Crippen molar-refractivity contribution in [2.24, 2.45) is 0 Å². The van der Waals surface area contributed by atoms with Gasteiger partial charge in [-0.2, -0.15) is 0 Å². The number of esters is 2. The first kappa shape index (κ1) is 17.5. The lowest BCUT2D eigenvalue weighted by molar-refractivity contribution is 0.0224. The first-order valence-electron chi connectivity index (χ1n) is 9.57. The molecule has 5 nitrogen and oxygen atoms in total. The van der Waals surface area contributed by atoms with E-state index in [2.05, 4.69) is 0 Å². The van der Waals surface area contributed by atoms with Gasteiger partial charge in [0.2, 0.25) is 0 Å². The molecule has 0 atom stereocenters. The van der Waals surface area contributed by atoms with Crippen LogP contribution in [-0.2, 0) is 15.1 Å². The SMILES string of the molecule is CCCOC(=O)c1ccc2c(c1)C(=O)OC21c2ccccc2Oc2ccccc21. The van der Waals surface area contributed by atoms with E-state index in [-0.39, 0.29) is 0 Å². The third-order valence-electron chi connectivity index (χ3n) is 5.29. The fourth-order valence-electron chi connectivity index (χ4n) is 4.03. The largest absolute Gasteiger partial charge is 0.462 e. The van der Waals surface area contributed by atoms with Gasteiger partial charge in [0.25, 0.3) is 0 Å². The lowest BCUT2D eigenvalue weighted by atomic mass is 9.77. The highest BCUT2D eigenvalue weighted by Gasteiger charge is 2.53. The quantitative estimate of drug-likeness (QED) is 0.604. The molecule has 0 bridgehead atoms. The van der Waals surface area contributed by atoms with E-state index in [1.54, 1.807) is 18.2 Å². The number of carbonyl (C=O) groups is 2. The van der Waals surface area contributed by atoms with Crippen LogP contribution in [0, 0.1) is 0 Å². The molecule has 2 aliphatic heterocycles. The van der Waals surface area contributed by atoms with E-state index < -0.39 is 17.5 Å². The van der Waals surface area contributed by atoms with Crippen molar-refractivity contribution in [3.8, 4) is 11.5 Å². The Morgan fingerprint density at radius 2 is 1.59 bits per heavy atom. The van der Waals surface area contributed by atoms with Crippen LogP contribution in [0.5, 0.6) is 11.5 Å². The van der Waals surface area contributed by atoms with Crippen LogP contribution in [-0.4, -0.2) is 18.5 Å². The van der Waals surface area contributed by atoms with Gasteiger partial charge in [0, 0.05) is 16.7 Å². The molecular weight excluding hydrogens is 368 g/mol. The zero-order valence-corrected chi connectivity index (χ0v) is 15.8. The molecule has 2 aliphatic rings. The molecule has 5 rings (SSSR count). The molecule has 0 amide bonds. The van der Waals surface area contributed by atoms with Crippen molar-refractivity contribution < 1.29 is 23.8 Å². The van der Waals surface area contributed by atoms with E-state index in [0.29, 0.717) is 34.8 Å². The van der Waals surface area contributed by atoms with E-state index in [1.165, 1.54) is 0 Å². The Bertz CT molecular complexity index is 1100. The Hall–Kier alpha value is -3.60. The molecule has 0 aromatic heterocycles. The molecule has 5 heteroatoms. The maximum Gasteiger partial charge on any atom is 0.340 e. The standard InChI is InChI=1S/C24H18O5/c1-2-13-27-22(25)15-11-12-17-16(14-15)23(26)29-24(17)18-7-3-5-9-20(18)28-21-10-6-4-8-19(21)24/h3-12,14H,2,13H2,1H3. The number of fused-ring (bicyclic) bond motifs is 6. The lowest BCUT2D eigenvalue weighted by Gasteiger charge is -2.36. The molecule has 1 spiro atoms. The summed E-state index contributed by atoms with van der Waals surface area (Å²) in [6.07, 6.45) is 0.732. The van der Waals surface area contributed by atoms with Gasteiger partial charge in [-0.15, -0.1) is 0 Å². The zero-order valence-electron chi connectivity index (χ0n) is 15.8. The highest BCUT2D eigenvalue weighted by atomic mass is 16.6. The van der Waals surface area contributed by atoms with Crippen LogP contribution in [0.3, 0.4) is 0 Å². The predicted octanol–water partition coefficient (Wildman–Crippen LogP) is 4.82. The maximum atomic E-state index is 12.9. The fraction of sp³-hybridized carbons (Fsp3) is 0.167. The number of ether oxygens (including phenoxy) is 3. The van der Waals surface area contributed by atoms with Gasteiger partial charge in [0.05, 0.1) is 17.7 Å². The first-order chi connectivity index (χ1) is 14.1. The van der Waals surface area contributed by atoms with Crippen LogP contribution >= 0.6 is 0 Å². The molecule has 0 unspecified atom stereocenters. The number of benzene rings is 3. The molecule has 0 N–H and O–H groups in total. The van der Waals surface area contributed by atoms with Crippen LogP contribution in [0.15, 0.2) is 66.7 Å². The molecule has 0 aliphatic carbocycles. The van der Waals surface area contributed by atoms with Gasteiger partial charge in [0.15, 0.2) is 5.60 Å². The second-order valence-electron chi connectivity index (χ2n) is 7.06. The number of hydrogen-bond acceptors (Lipinski definition) is 5. The van der Waals surface area contributed by atoms with E-state index >= 15 is 0 Å². The molecule has 144 valence electrons. The minimum atomic E-state index is -1.11. The highest BCUT2D eigenvalue weighted by Crippen LogP contribution is 2.55. The molecule has 2 heterocycles. The second-order valence-corrected chi connectivity index (χ2v) is 7.06. The summed E-state index contributed by atoms with van der Waals surface area (Å²) in [5.41, 5.74) is 1.79. The Morgan fingerprint density at radius 1 is 0.931 bits per heavy atom. The Labute approximate surface area is 167 Å². The van der Waals surface area contributed by atoms with E-state index in [1.807, 2.05) is 55.5 Å². The van der Waals surface area contributed by atoms with Crippen LogP contribution in [0.25, 0.3) is 0 Å². The number of para-hydroxylation sites is 2. The summed E-state index contributed by atoms with van der Waals surface area (Å²) in [4.78, 5) is 25.2. The summed E-state index contributed by atoms with van der Waals surface area (Å²) >= 11 is 0. The lowest BCUT2D eigenvalue weighted by Crippen LogP contribution is -2.32. The highest BCUT2D eigenvalue weighted by molar-refractivity contribution is 6.00. The summed E-state index contributed by atoms with van der Waals surface area (Å²) < 4.78 is 17.3. The van der Waals surface area contributed by atoms with E-state index in [4.69, 9.17) is 14.2 Å². The van der Waals surface area contributed by atoms with Crippen molar-refractivity contribution in [1.29, 1.82) is 0 Å². The van der Waals surface area contributed by atoms with Crippen molar-refractivity contribution >= 4 is 11.9 Å². The average molecular weight is 386 g/mol. The minimum Gasteiger partial charge on any atom is -0.462 e. The third kappa shape index (κ3) is 2.47. The Morgan fingerprint density at radius 3 is 2.24 bits per heavy atom. The number of rotatable bonds is 3. The summed E-state index contributed by atoms with van der Waals surface area (Å²) in [5, 5.41) is 0. The first-order valence-corrected chi connectivity index (χ1v) is 9.57. The molecule has 3 aromatic carbocycles. The van der Waals surface area contributed by atoms with Gasteiger partial charge in [-0.05, 0) is 30.7 Å². The van der Waals surface area contributed by atoms with Gasteiger partial charge in [-0.3, -0.25) is 0 Å². The van der Waals surface area contributed by atoms with Gasteiger partial charge in [-0.1, -0.05) is 49.4 Å². The normalized spacial score (nSPS) is 15.0. The van der Waals surface area contributed by atoms with Gasteiger partial charge < -0.3 is 14.2 Å². The third-order valence-corrected chi connectivity index (χ3v) is 5.29. The Kier molecular flexibility index (Phi) is 3.91. The maximum absolute atomic E-state index is 12.9. The fourth-order valence-corrected chi connectivity index (χ4v) is 4.03. The second kappa shape index (κ2) is 6.48. The van der Waals surface area contributed by atoms with Crippen molar-refractivity contribution in [3.63, 3.8) is 0 Å². The van der Waals surface area contributed by atoms with Crippen LogP contribution in [0.2, 0.25) is 0 Å². The summed E-state index contributed by atoms with van der Waals surface area (Å²) in [5.74, 6) is 0.351. The monoisotopic (exact) mass is 386 g/mol. The van der Waals surface area contributed by atoms with Gasteiger partial charge in [-0.25, -0.2) is 9.59 Å². The van der Waals surface area contributed by atoms with Crippen LogP contribution < -0.4 is 4.74 Å². The summed E-state index contributed by atoms with van der Waals surface area (Å²) in [6, 6.07) is 20.1. The topological polar surface area (TPSA) is 61.8 Å². The molecule has 0 saturated carbocycles. The average Bonchev–Trinajstić information content (AvgIpc) is 3.05. The van der Waals surface area contributed by atoms with Crippen molar-refractivity contribution in [2.45, 2.75) is 18.9 Å². The molecule has 0 radical (unpaired) electrons. The number of carbonyl (C=O) groups excluding carboxylic acids is 2. The van der Waals surface area contributed by atoms with Crippen LogP contribution in [0.1, 0.15) is 50.8 Å². The Balaban J connectivity index is 1.72. The summed E-state index contributed by atoms with van der Waals surface area (Å²) in [6.45, 7) is 2.26. The van der Waals surface area contributed by atoms with Gasteiger partial charge in [0.1, 0.15) is 11.5 Å². The molecular formula is C24H18O5. The summed E-state index contributed by atoms with van der Waals surface area (Å²) in [7, 11) is 0.